The van der Waals surface area contributed by atoms with Crippen molar-refractivity contribution < 1.29 is 4.74 Å². The van der Waals surface area contributed by atoms with Crippen LogP contribution in [0.25, 0.3) is 11.1 Å². The second kappa shape index (κ2) is 6.92. The van der Waals surface area contributed by atoms with E-state index in [0.29, 0.717) is 12.5 Å². The molecule has 0 saturated heterocycles. The number of rotatable bonds is 4. The molecule has 21 heavy (non-hydrogen) atoms. The molecule has 0 aliphatic carbocycles. The van der Waals surface area contributed by atoms with Crippen molar-refractivity contribution in [3.63, 3.8) is 0 Å². The minimum absolute atomic E-state index is 0.251. The van der Waals surface area contributed by atoms with Gasteiger partial charge in [-0.3, -0.25) is 4.98 Å². The molecule has 0 fully saturated rings. The predicted octanol–water partition coefficient (Wildman–Crippen LogP) is 4.88. The Morgan fingerprint density at radius 2 is 2.00 bits per heavy atom. The normalized spacial score (nSPS) is 21.4. The topological polar surface area (TPSA) is 22.1 Å². The first-order valence-electron chi connectivity index (χ1n) is 7.25. The van der Waals surface area contributed by atoms with Crippen LogP contribution in [0.4, 0.5) is 0 Å². The first kappa shape index (κ1) is 14.4. The molecule has 1 aliphatic rings. The highest BCUT2D eigenvalue weighted by Crippen LogP contribution is 2.28. The molecular formula is C18H19NOS. The van der Waals surface area contributed by atoms with Gasteiger partial charge in [-0.25, -0.2) is 0 Å². The fourth-order valence-electron chi connectivity index (χ4n) is 2.30. The molecule has 108 valence electrons. The van der Waals surface area contributed by atoms with Gasteiger partial charge in [0.25, 0.3) is 0 Å². The quantitative estimate of drug-likeness (QED) is 0.803. The summed E-state index contributed by atoms with van der Waals surface area (Å²) in [5.41, 5.74) is 3.57. The summed E-state index contributed by atoms with van der Waals surface area (Å²) in [4.78, 5) is 4.51. The number of thioether (sulfide) groups is 1. The van der Waals surface area contributed by atoms with Crippen LogP contribution in [0.15, 0.2) is 60.1 Å². The number of aromatic nitrogens is 1. The minimum atomic E-state index is 0.251. The maximum Gasteiger partial charge on any atom is 0.108 e. The Hall–Kier alpha value is -1.58. The van der Waals surface area contributed by atoms with E-state index in [-0.39, 0.29) is 5.44 Å². The number of benzene rings is 1. The molecule has 1 aromatic carbocycles. The highest BCUT2D eigenvalue weighted by atomic mass is 32.2. The second-order valence-electron chi connectivity index (χ2n) is 5.32. The number of ether oxygens (including phenoxy) is 1. The number of hydrogen-bond acceptors (Lipinski definition) is 3. The second-order valence-corrected chi connectivity index (χ2v) is 6.39. The molecule has 3 heteroatoms. The van der Waals surface area contributed by atoms with Gasteiger partial charge < -0.3 is 4.74 Å². The number of allylic oxidation sites excluding steroid dienone is 1. The van der Waals surface area contributed by atoms with E-state index in [0.717, 1.165) is 17.7 Å². The molecule has 0 N–H and O–H groups in total. The van der Waals surface area contributed by atoms with Crippen LogP contribution in [0.5, 0.6) is 0 Å². The summed E-state index contributed by atoms with van der Waals surface area (Å²) in [6, 6.07) is 14.5. The van der Waals surface area contributed by atoms with Crippen LogP contribution >= 0.6 is 11.8 Å². The van der Waals surface area contributed by atoms with Crippen LogP contribution in [0.3, 0.4) is 0 Å². The van der Waals surface area contributed by atoms with Crippen molar-refractivity contribution >= 4 is 11.8 Å². The maximum absolute atomic E-state index is 5.93. The van der Waals surface area contributed by atoms with Crippen molar-refractivity contribution in [2.45, 2.75) is 25.4 Å². The zero-order valence-electron chi connectivity index (χ0n) is 12.1. The van der Waals surface area contributed by atoms with Gasteiger partial charge in [-0.2, -0.15) is 0 Å². The van der Waals surface area contributed by atoms with Gasteiger partial charge in [0.2, 0.25) is 0 Å². The predicted molar refractivity (Wildman–Crippen MR) is 88.8 cm³/mol. The Morgan fingerprint density at radius 1 is 1.14 bits per heavy atom. The van der Waals surface area contributed by atoms with Crippen LogP contribution in [0, 0.1) is 5.92 Å². The third kappa shape index (κ3) is 3.96. The van der Waals surface area contributed by atoms with E-state index in [1.807, 2.05) is 24.4 Å². The largest absolute Gasteiger partial charge is 0.361 e. The summed E-state index contributed by atoms with van der Waals surface area (Å²) in [5, 5.41) is 2.14. The smallest absolute Gasteiger partial charge is 0.108 e. The first-order chi connectivity index (χ1) is 10.3. The van der Waals surface area contributed by atoms with Crippen molar-refractivity contribution in [2.75, 3.05) is 0 Å². The summed E-state index contributed by atoms with van der Waals surface area (Å²) in [6.07, 6.45) is 5.23. The summed E-state index contributed by atoms with van der Waals surface area (Å²) >= 11 is 1.76. The van der Waals surface area contributed by atoms with E-state index in [9.17, 15) is 0 Å². The standard InChI is InChI=1S/C18H19NOS/c1-14-9-10-21-18(11-14)20-13-17-8-7-16(12-19-17)15-5-3-2-4-6-15/h2-10,12,14,18H,11,13H2,1H3. The van der Waals surface area contributed by atoms with Gasteiger partial charge in [0, 0.05) is 11.8 Å². The van der Waals surface area contributed by atoms with E-state index >= 15 is 0 Å². The van der Waals surface area contributed by atoms with Crippen molar-refractivity contribution in [1.82, 2.24) is 4.98 Å². The fraction of sp³-hybridized carbons (Fsp3) is 0.278. The van der Waals surface area contributed by atoms with E-state index in [1.54, 1.807) is 11.8 Å². The lowest BCUT2D eigenvalue weighted by atomic mass is 10.1. The number of pyridine rings is 1. The molecule has 1 aromatic heterocycles. The Bertz CT molecular complexity index is 594. The van der Waals surface area contributed by atoms with Gasteiger partial charge in [-0.05, 0) is 29.4 Å². The molecule has 2 atom stereocenters. The molecule has 0 radical (unpaired) electrons. The Kier molecular flexibility index (Phi) is 4.73. The molecule has 1 aliphatic heterocycles. The Morgan fingerprint density at radius 3 is 2.71 bits per heavy atom. The van der Waals surface area contributed by atoms with Crippen LogP contribution in [0.2, 0.25) is 0 Å². The van der Waals surface area contributed by atoms with Crippen molar-refractivity contribution in [2.24, 2.45) is 5.92 Å². The van der Waals surface area contributed by atoms with Gasteiger partial charge >= 0.3 is 0 Å². The molecule has 0 amide bonds. The van der Waals surface area contributed by atoms with Crippen molar-refractivity contribution in [1.29, 1.82) is 0 Å². The Balaban J connectivity index is 1.59. The first-order valence-corrected chi connectivity index (χ1v) is 8.19. The van der Waals surface area contributed by atoms with Crippen LogP contribution in [-0.4, -0.2) is 10.4 Å². The van der Waals surface area contributed by atoms with E-state index in [2.05, 4.69) is 47.7 Å². The highest BCUT2D eigenvalue weighted by Gasteiger charge is 2.16. The van der Waals surface area contributed by atoms with Gasteiger partial charge in [0.05, 0.1) is 12.3 Å². The highest BCUT2D eigenvalue weighted by molar-refractivity contribution is 8.02. The lowest BCUT2D eigenvalue weighted by Gasteiger charge is -2.21. The average molecular weight is 297 g/mol. The maximum atomic E-state index is 5.93. The van der Waals surface area contributed by atoms with E-state index < -0.39 is 0 Å². The molecule has 0 spiro atoms. The molecule has 2 aromatic rings. The lowest BCUT2D eigenvalue weighted by Crippen LogP contribution is -2.14. The average Bonchev–Trinajstić information content (AvgIpc) is 2.54. The summed E-state index contributed by atoms with van der Waals surface area (Å²) in [6.45, 7) is 2.80. The fourth-order valence-corrected chi connectivity index (χ4v) is 3.40. The molecule has 0 bridgehead atoms. The minimum Gasteiger partial charge on any atom is -0.361 e. The van der Waals surface area contributed by atoms with E-state index in [4.69, 9.17) is 4.74 Å². The SMILES string of the molecule is CC1C=CSC(OCc2ccc(-c3ccccc3)cn2)C1. The zero-order valence-corrected chi connectivity index (χ0v) is 12.9. The molecule has 2 unspecified atom stereocenters. The summed E-state index contributed by atoms with van der Waals surface area (Å²) in [5.74, 6) is 0.602. The molecule has 2 nitrogen and oxygen atoms in total. The molecule has 0 saturated carbocycles. The number of nitrogens with zero attached hydrogens (tertiary/aromatic N) is 1. The third-order valence-electron chi connectivity index (χ3n) is 3.55. The zero-order chi connectivity index (χ0) is 14.5. The van der Waals surface area contributed by atoms with Gasteiger partial charge in [-0.15, -0.1) is 11.8 Å². The van der Waals surface area contributed by atoms with Crippen LogP contribution < -0.4 is 0 Å². The van der Waals surface area contributed by atoms with E-state index in [1.165, 1.54) is 5.56 Å². The lowest BCUT2D eigenvalue weighted by molar-refractivity contribution is 0.0852. The summed E-state index contributed by atoms with van der Waals surface area (Å²) in [7, 11) is 0. The summed E-state index contributed by atoms with van der Waals surface area (Å²) < 4.78 is 5.93. The monoisotopic (exact) mass is 297 g/mol. The van der Waals surface area contributed by atoms with Crippen LogP contribution in [-0.2, 0) is 11.3 Å². The number of hydrogen-bond donors (Lipinski definition) is 0. The molecular weight excluding hydrogens is 278 g/mol. The Labute approximate surface area is 130 Å². The third-order valence-corrected chi connectivity index (χ3v) is 4.50. The van der Waals surface area contributed by atoms with Gasteiger partial charge in [-0.1, -0.05) is 49.4 Å². The molecule has 3 rings (SSSR count). The van der Waals surface area contributed by atoms with Crippen LogP contribution in [0.1, 0.15) is 19.0 Å². The van der Waals surface area contributed by atoms with Gasteiger partial charge in [0.15, 0.2) is 0 Å². The molecule has 2 heterocycles. The van der Waals surface area contributed by atoms with Crippen molar-refractivity contribution in [3.05, 3.63) is 65.8 Å². The van der Waals surface area contributed by atoms with Gasteiger partial charge in [0.1, 0.15) is 5.44 Å². The van der Waals surface area contributed by atoms with Crippen molar-refractivity contribution in [3.8, 4) is 11.1 Å².